The summed E-state index contributed by atoms with van der Waals surface area (Å²) in [5.74, 6) is -0.0702. The van der Waals surface area contributed by atoms with Gasteiger partial charge in [0.05, 0.1) is 0 Å². The van der Waals surface area contributed by atoms with Crippen molar-refractivity contribution in [1.82, 2.24) is 15.1 Å². The minimum atomic E-state index is -0.333. The standard InChI is InChI=1S/C16H25N3O2/c1-12-6-8-13(9-7-12)15(18(3)4)16(21)19(5)11-10-14(20)17-2/h6-9,15H,10-11H2,1-5H3,(H,17,20)/t15-/m1/s1. The zero-order valence-electron chi connectivity index (χ0n) is 13.5. The minimum absolute atomic E-state index is 0.00671. The average Bonchev–Trinajstić information content (AvgIpc) is 2.46. The largest absolute Gasteiger partial charge is 0.359 e. The number of benzene rings is 1. The third kappa shape index (κ3) is 4.86. The maximum atomic E-state index is 12.6. The number of carbonyl (C=O) groups excluding carboxylic acids is 2. The molecular weight excluding hydrogens is 266 g/mol. The lowest BCUT2D eigenvalue weighted by Crippen LogP contribution is -2.39. The molecule has 2 amide bonds. The fourth-order valence-electron chi connectivity index (χ4n) is 2.12. The van der Waals surface area contributed by atoms with Crippen molar-refractivity contribution < 1.29 is 9.59 Å². The van der Waals surface area contributed by atoms with Crippen molar-refractivity contribution in [3.8, 4) is 0 Å². The second-order valence-corrected chi connectivity index (χ2v) is 5.46. The predicted octanol–water partition coefficient (Wildman–Crippen LogP) is 1.19. The van der Waals surface area contributed by atoms with Crippen molar-refractivity contribution in [1.29, 1.82) is 0 Å². The smallest absolute Gasteiger partial charge is 0.244 e. The number of nitrogens with one attached hydrogen (secondary N) is 1. The summed E-state index contributed by atoms with van der Waals surface area (Å²) >= 11 is 0. The van der Waals surface area contributed by atoms with Crippen molar-refractivity contribution in [2.24, 2.45) is 0 Å². The van der Waals surface area contributed by atoms with Gasteiger partial charge in [-0.25, -0.2) is 0 Å². The van der Waals surface area contributed by atoms with Crippen LogP contribution in [0.5, 0.6) is 0 Å². The number of rotatable bonds is 6. The van der Waals surface area contributed by atoms with Crippen LogP contribution in [0.25, 0.3) is 0 Å². The van der Waals surface area contributed by atoms with Gasteiger partial charge in [0.15, 0.2) is 0 Å². The van der Waals surface area contributed by atoms with Crippen LogP contribution in [0.2, 0.25) is 0 Å². The number of amides is 2. The van der Waals surface area contributed by atoms with E-state index in [-0.39, 0.29) is 17.9 Å². The van der Waals surface area contributed by atoms with Gasteiger partial charge in [0.25, 0.3) is 0 Å². The quantitative estimate of drug-likeness (QED) is 0.856. The van der Waals surface area contributed by atoms with Crippen LogP contribution in [0, 0.1) is 6.92 Å². The molecule has 0 saturated carbocycles. The van der Waals surface area contributed by atoms with Gasteiger partial charge in [-0.15, -0.1) is 0 Å². The lowest BCUT2D eigenvalue weighted by molar-refractivity contribution is -0.135. The molecule has 1 aromatic rings. The molecule has 1 atom stereocenters. The van der Waals surface area contributed by atoms with E-state index in [1.807, 2.05) is 50.2 Å². The Bertz CT molecular complexity index is 483. The Morgan fingerprint density at radius 3 is 2.19 bits per heavy atom. The Morgan fingerprint density at radius 1 is 1.14 bits per heavy atom. The normalized spacial score (nSPS) is 12.1. The van der Waals surface area contributed by atoms with Gasteiger partial charge in [-0.05, 0) is 26.6 Å². The first-order valence-corrected chi connectivity index (χ1v) is 7.05. The van der Waals surface area contributed by atoms with Gasteiger partial charge in [0, 0.05) is 27.1 Å². The van der Waals surface area contributed by atoms with Gasteiger partial charge in [-0.2, -0.15) is 0 Å². The number of likely N-dealkylation sites (N-methyl/N-ethyl adjacent to an activating group) is 2. The molecular formula is C16H25N3O2. The van der Waals surface area contributed by atoms with Gasteiger partial charge >= 0.3 is 0 Å². The van der Waals surface area contributed by atoms with E-state index in [1.165, 1.54) is 0 Å². The Hall–Kier alpha value is -1.88. The molecule has 1 N–H and O–H groups in total. The summed E-state index contributed by atoms with van der Waals surface area (Å²) in [7, 11) is 7.10. The lowest BCUT2D eigenvalue weighted by atomic mass is 10.0. The average molecular weight is 291 g/mol. The molecule has 116 valence electrons. The number of nitrogens with zero attached hydrogens (tertiary/aromatic N) is 2. The second kappa shape index (κ2) is 7.78. The van der Waals surface area contributed by atoms with Crippen molar-refractivity contribution >= 4 is 11.8 Å². The topological polar surface area (TPSA) is 52.7 Å². The maximum absolute atomic E-state index is 12.6. The fraction of sp³-hybridized carbons (Fsp3) is 0.500. The molecule has 0 spiro atoms. The maximum Gasteiger partial charge on any atom is 0.244 e. The number of hydrogen-bond acceptors (Lipinski definition) is 3. The number of aryl methyl sites for hydroxylation is 1. The van der Waals surface area contributed by atoms with Crippen LogP contribution in [0.15, 0.2) is 24.3 Å². The van der Waals surface area contributed by atoms with E-state index in [2.05, 4.69) is 5.32 Å². The van der Waals surface area contributed by atoms with E-state index >= 15 is 0 Å². The van der Waals surface area contributed by atoms with E-state index in [0.717, 1.165) is 11.1 Å². The summed E-state index contributed by atoms with van der Waals surface area (Å²) in [4.78, 5) is 27.4. The van der Waals surface area contributed by atoms with Gasteiger partial charge in [-0.1, -0.05) is 29.8 Å². The summed E-state index contributed by atoms with van der Waals surface area (Å²) in [6.07, 6.45) is 0.312. The van der Waals surface area contributed by atoms with E-state index < -0.39 is 0 Å². The van der Waals surface area contributed by atoms with Crippen molar-refractivity contribution in [2.75, 3.05) is 34.7 Å². The molecule has 0 fully saturated rings. The molecule has 21 heavy (non-hydrogen) atoms. The molecule has 5 heteroatoms. The third-order valence-corrected chi connectivity index (χ3v) is 3.47. The first-order valence-electron chi connectivity index (χ1n) is 7.05. The summed E-state index contributed by atoms with van der Waals surface area (Å²) < 4.78 is 0. The molecule has 0 aliphatic heterocycles. The zero-order valence-corrected chi connectivity index (χ0v) is 13.5. The summed E-state index contributed by atoms with van der Waals surface area (Å²) in [5.41, 5.74) is 2.12. The van der Waals surface area contributed by atoms with Crippen molar-refractivity contribution in [2.45, 2.75) is 19.4 Å². The third-order valence-electron chi connectivity index (χ3n) is 3.47. The molecule has 5 nitrogen and oxygen atoms in total. The minimum Gasteiger partial charge on any atom is -0.359 e. The Balaban J connectivity index is 2.82. The van der Waals surface area contributed by atoms with Crippen LogP contribution in [0.1, 0.15) is 23.6 Å². The first-order chi connectivity index (χ1) is 9.86. The predicted molar refractivity (Wildman–Crippen MR) is 83.9 cm³/mol. The van der Waals surface area contributed by atoms with Crippen LogP contribution in [0.4, 0.5) is 0 Å². The zero-order chi connectivity index (χ0) is 16.0. The molecule has 1 aromatic carbocycles. The van der Waals surface area contributed by atoms with Crippen LogP contribution >= 0.6 is 0 Å². The van der Waals surface area contributed by atoms with Gasteiger partial charge in [0.2, 0.25) is 11.8 Å². The van der Waals surface area contributed by atoms with Crippen LogP contribution in [-0.4, -0.2) is 56.3 Å². The van der Waals surface area contributed by atoms with E-state index in [4.69, 9.17) is 0 Å². The Labute approximate surface area is 126 Å². The lowest BCUT2D eigenvalue weighted by Gasteiger charge is -2.28. The fourth-order valence-corrected chi connectivity index (χ4v) is 2.12. The molecule has 0 heterocycles. The van der Waals surface area contributed by atoms with Crippen LogP contribution < -0.4 is 5.32 Å². The van der Waals surface area contributed by atoms with Crippen molar-refractivity contribution in [3.05, 3.63) is 35.4 Å². The van der Waals surface area contributed by atoms with Gasteiger partial charge in [-0.3, -0.25) is 14.5 Å². The highest BCUT2D eigenvalue weighted by Crippen LogP contribution is 2.21. The van der Waals surface area contributed by atoms with Crippen LogP contribution in [-0.2, 0) is 9.59 Å². The van der Waals surface area contributed by atoms with Crippen LogP contribution in [0.3, 0.4) is 0 Å². The molecule has 1 rings (SSSR count). The van der Waals surface area contributed by atoms with E-state index in [1.54, 1.807) is 19.0 Å². The molecule has 0 aliphatic carbocycles. The Kier molecular flexibility index (Phi) is 6.37. The first kappa shape index (κ1) is 17.2. The molecule has 0 aromatic heterocycles. The summed E-state index contributed by atoms with van der Waals surface area (Å²) in [6, 6.07) is 7.63. The SMILES string of the molecule is CNC(=O)CCN(C)C(=O)[C@@H](c1ccc(C)cc1)N(C)C. The number of carbonyl (C=O) groups is 2. The molecule has 0 saturated heterocycles. The van der Waals surface area contributed by atoms with E-state index in [9.17, 15) is 9.59 Å². The number of hydrogen-bond donors (Lipinski definition) is 1. The second-order valence-electron chi connectivity index (χ2n) is 5.46. The molecule has 0 unspecified atom stereocenters. The van der Waals surface area contributed by atoms with Gasteiger partial charge in [0.1, 0.15) is 6.04 Å². The molecule has 0 bridgehead atoms. The highest BCUT2D eigenvalue weighted by atomic mass is 16.2. The molecule has 0 aliphatic rings. The highest BCUT2D eigenvalue weighted by Gasteiger charge is 2.25. The monoisotopic (exact) mass is 291 g/mol. The van der Waals surface area contributed by atoms with E-state index in [0.29, 0.717) is 13.0 Å². The van der Waals surface area contributed by atoms with Gasteiger partial charge < -0.3 is 10.2 Å². The summed E-state index contributed by atoms with van der Waals surface area (Å²) in [5, 5.41) is 2.56. The van der Waals surface area contributed by atoms with Crippen molar-refractivity contribution in [3.63, 3.8) is 0 Å². The Morgan fingerprint density at radius 2 is 1.71 bits per heavy atom. The highest BCUT2D eigenvalue weighted by molar-refractivity contribution is 5.84. The summed E-state index contributed by atoms with van der Waals surface area (Å²) in [6.45, 7) is 2.43. The molecule has 0 radical (unpaired) electrons.